The highest BCUT2D eigenvalue weighted by molar-refractivity contribution is 8.14. The Labute approximate surface area is 227 Å². The van der Waals surface area contributed by atoms with Gasteiger partial charge in [0.2, 0.25) is 11.9 Å². The summed E-state index contributed by atoms with van der Waals surface area (Å²) in [6.45, 7) is -0.456. The molecule has 4 atom stereocenters. The maximum Gasteiger partial charge on any atom is 0.338 e. The van der Waals surface area contributed by atoms with Crippen molar-refractivity contribution in [1.29, 1.82) is 5.41 Å². The summed E-state index contributed by atoms with van der Waals surface area (Å²) in [5.41, 5.74) is 4.71. The molecule has 3 N–H and O–H groups in total. The monoisotopic (exact) mass is 548 g/mol. The third-order valence-corrected chi connectivity index (χ3v) is 6.41. The third-order valence-electron chi connectivity index (χ3n) is 5.59. The van der Waals surface area contributed by atoms with Crippen molar-refractivity contribution in [3.05, 3.63) is 108 Å². The molecular weight excluding hydrogens is 524 g/mol. The van der Waals surface area contributed by atoms with E-state index in [2.05, 4.69) is 0 Å². The molecule has 39 heavy (non-hydrogen) atoms. The van der Waals surface area contributed by atoms with Crippen LogP contribution in [0.15, 0.2) is 91.0 Å². The van der Waals surface area contributed by atoms with Crippen LogP contribution in [0.4, 0.5) is 0 Å². The fraction of sp³-hybridized carbons (Fsp3) is 0.179. The van der Waals surface area contributed by atoms with Crippen LogP contribution in [-0.4, -0.2) is 59.2 Å². The number of nitrogens with one attached hydrogen (secondary N) is 1. The zero-order chi connectivity index (χ0) is 27.8. The van der Waals surface area contributed by atoms with Crippen molar-refractivity contribution in [3.8, 4) is 0 Å². The predicted molar refractivity (Wildman–Crippen MR) is 141 cm³/mol. The number of ketones is 1. The Morgan fingerprint density at radius 1 is 0.769 bits per heavy atom. The van der Waals surface area contributed by atoms with Crippen molar-refractivity contribution in [2.45, 2.75) is 23.7 Å². The van der Waals surface area contributed by atoms with Crippen LogP contribution in [0.5, 0.6) is 0 Å². The molecule has 1 heterocycles. The average molecular weight is 549 g/mol. The van der Waals surface area contributed by atoms with Crippen LogP contribution >= 0.6 is 11.8 Å². The summed E-state index contributed by atoms with van der Waals surface area (Å²) in [7, 11) is 0. The van der Waals surface area contributed by atoms with Crippen molar-refractivity contribution < 1.29 is 38.1 Å². The topological polar surface area (TPSA) is 155 Å². The summed E-state index contributed by atoms with van der Waals surface area (Å²) >= 11 is 0.579. The second kappa shape index (κ2) is 12.9. The van der Waals surface area contributed by atoms with Gasteiger partial charge in [-0.25, -0.2) is 14.4 Å². The van der Waals surface area contributed by atoms with Gasteiger partial charge in [0.15, 0.2) is 16.7 Å². The number of thioether (sulfide) groups is 1. The number of carbonyl (C=O) groups is 4. The first-order valence-corrected chi connectivity index (χ1v) is 12.7. The van der Waals surface area contributed by atoms with E-state index in [1.54, 1.807) is 66.7 Å². The zero-order valence-electron chi connectivity index (χ0n) is 20.4. The minimum atomic E-state index is -1.64. The summed E-state index contributed by atoms with van der Waals surface area (Å²) < 4.78 is 22.4. The molecule has 0 amide bonds. The Balaban J connectivity index is 1.64. The lowest BCUT2D eigenvalue weighted by Gasteiger charge is -2.38. The van der Waals surface area contributed by atoms with Crippen LogP contribution < -0.4 is 5.73 Å². The van der Waals surface area contributed by atoms with Gasteiger partial charge in [-0.3, -0.25) is 10.2 Å². The van der Waals surface area contributed by atoms with E-state index in [9.17, 15) is 19.2 Å². The molecule has 0 aliphatic carbocycles. The van der Waals surface area contributed by atoms with E-state index < -0.39 is 59.2 Å². The lowest BCUT2D eigenvalue weighted by molar-refractivity contribution is -0.177. The largest absolute Gasteiger partial charge is 0.459 e. The molecule has 0 saturated carbocycles. The van der Waals surface area contributed by atoms with Gasteiger partial charge in [0.1, 0.15) is 12.7 Å². The summed E-state index contributed by atoms with van der Waals surface area (Å²) in [5, 5.41) is 7.19. The molecule has 0 unspecified atom stereocenters. The number of Topliss-reactive ketones (excluding diaryl/α,β-unsaturated/α-hetero) is 1. The molecule has 1 aliphatic heterocycles. The molecule has 1 saturated heterocycles. The number of amidine groups is 1. The van der Waals surface area contributed by atoms with Gasteiger partial charge in [-0.15, -0.1) is 0 Å². The summed E-state index contributed by atoms with van der Waals surface area (Å²) in [4.78, 5) is 51.9. The number of rotatable bonds is 8. The Morgan fingerprint density at radius 3 is 1.72 bits per heavy atom. The first kappa shape index (κ1) is 27.6. The lowest BCUT2D eigenvalue weighted by Crippen LogP contribution is -2.59. The van der Waals surface area contributed by atoms with Gasteiger partial charge in [0, 0.05) is 0 Å². The number of nitrogens with two attached hydrogens (primary N) is 1. The number of esters is 3. The molecule has 0 aromatic heterocycles. The average Bonchev–Trinajstić information content (AvgIpc) is 2.96. The molecule has 0 radical (unpaired) electrons. The van der Waals surface area contributed by atoms with Gasteiger partial charge in [-0.1, -0.05) is 54.6 Å². The molecule has 10 nitrogen and oxygen atoms in total. The number of ether oxygens (including phenoxy) is 4. The van der Waals surface area contributed by atoms with Crippen molar-refractivity contribution in [2.75, 3.05) is 6.61 Å². The first-order chi connectivity index (χ1) is 18.8. The number of benzene rings is 3. The van der Waals surface area contributed by atoms with E-state index in [-0.39, 0.29) is 16.7 Å². The smallest absolute Gasteiger partial charge is 0.338 e. The number of hydrogen-bond donors (Lipinski definition) is 2. The molecule has 1 aliphatic rings. The summed E-state index contributed by atoms with van der Waals surface area (Å²) in [6, 6.07) is 24.1. The molecule has 1 fully saturated rings. The Bertz CT molecular complexity index is 1340. The van der Waals surface area contributed by atoms with Crippen LogP contribution in [0.2, 0.25) is 0 Å². The molecule has 0 bridgehead atoms. The lowest BCUT2D eigenvalue weighted by atomic mass is 10.0. The highest BCUT2D eigenvalue weighted by atomic mass is 32.2. The fourth-order valence-electron chi connectivity index (χ4n) is 3.73. The van der Waals surface area contributed by atoms with E-state index in [1.165, 1.54) is 24.3 Å². The first-order valence-electron chi connectivity index (χ1n) is 11.8. The minimum absolute atomic E-state index is 0.160. The normalized spacial score (nSPS) is 20.5. The number of carbonyl (C=O) groups excluding carboxylic acids is 4. The Morgan fingerprint density at radius 2 is 1.23 bits per heavy atom. The highest BCUT2D eigenvalue weighted by Crippen LogP contribution is 2.30. The van der Waals surface area contributed by atoms with Crippen LogP contribution in [0.1, 0.15) is 31.1 Å². The van der Waals surface area contributed by atoms with Crippen LogP contribution in [0, 0.1) is 5.41 Å². The quantitative estimate of drug-likeness (QED) is 0.185. The van der Waals surface area contributed by atoms with Crippen LogP contribution in [0.3, 0.4) is 0 Å². The second-order valence-electron chi connectivity index (χ2n) is 8.28. The SMILES string of the molecule is N=C(N)S[C@@H]1O[C@H](COC(=O)c2ccccc2)[C@@H](OC(=O)c2ccccc2)[C@H](OC(=O)c2ccccc2)C1=O. The van der Waals surface area contributed by atoms with Crippen molar-refractivity contribution >= 4 is 40.6 Å². The number of hydrogen-bond acceptors (Lipinski definition) is 10. The van der Waals surface area contributed by atoms with E-state index in [0.29, 0.717) is 11.8 Å². The fourth-order valence-corrected chi connectivity index (χ4v) is 4.41. The molecule has 200 valence electrons. The maximum atomic E-state index is 13.4. The van der Waals surface area contributed by atoms with Crippen molar-refractivity contribution in [2.24, 2.45) is 5.73 Å². The van der Waals surface area contributed by atoms with Crippen molar-refractivity contribution in [1.82, 2.24) is 0 Å². The van der Waals surface area contributed by atoms with E-state index >= 15 is 0 Å². The van der Waals surface area contributed by atoms with Gasteiger partial charge in [0.05, 0.1) is 16.7 Å². The molecule has 11 heteroatoms. The molecule has 4 rings (SSSR count). The summed E-state index contributed by atoms with van der Waals surface area (Å²) in [5.74, 6) is -3.12. The Kier molecular flexibility index (Phi) is 9.08. The highest BCUT2D eigenvalue weighted by Gasteiger charge is 2.51. The molecule has 3 aromatic carbocycles. The van der Waals surface area contributed by atoms with Gasteiger partial charge >= 0.3 is 17.9 Å². The van der Waals surface area contributed by atoms with E-state index in [4.69, 9.17) is 30.1 Å². The second-order valence-corrected chi connectivity index (χ2v) is 9.39. The molecule has 3 aromatic rings. The van der Waals surface area contributed by atoms with E-state index in [0.717, 1.165) is 0 Å². The molecular formula is C28H24N2O8S. The van der Waals surface area contributed by atoms with Crippen LogP contribution in [-0.2, 0) is 23.7 Å². The van der Waals surface area contributed by atoms with Gasteiger partial charge in [-0.05, 0) is 48.2 Å². The summed E-state index contributed by atoms with van der Waals surface area (Å²) in [6.07, 6.45) is -4.37. The predicted octanol–water partition coefficient (Wildman–Crippen LogP) is 3.22. The van der Waals surface area contributed by atoms with Gasteiger partial charge in [0.25, 0.3) is 0 Å². The maximum absolute atomic E-state index is 13.4. The van der Waals surface area contributed by atoms with Gasteiger partial charge < -0.3 is 24.7 Å². The zero-order valence-corrected chi connectivity index (χ0v) is 21.2. The Hall–Kier alpha value is -4.48. The van der Waals surface area contributed by atoms with Crippen molar-refractivity contribution in [3.63, 3.8) is 0 Å². The molecule has 0 spiro atoms. The van der Waals surface area contributed by atoms with E-state index in [1.807, 2.05) is 0 Å². The minimum Gasteiger partial charge on any atom is -0.459 e. The third kappa shape index (κ3) is 7.09. The van der Waals surface area contributed by atoms with Gasteiger partial charge in [-0.2, -0.15) is 0 Å². The van der Waals surface area contributed by atoms with Crippen LogP contribution in [0.25, 0.3) is 0 Å². The standard InChI is InChI=1S/C28H24N2O8S/c29-28(30)39-27-21(31)23(38-26(34)19-14-8-3-9-15-19)22(37-25(33)18-12-6-2-7-13-18)20(36-27)16-35-24(32)17-10-4-1-5-11-17/h1-15,20,22-23,27H,16H2,(H3,29,30)/t20-,22-,23-,27+/m1/s1.